The zero-order chi connectivity index (χ0) is 11.5. The smallest absolute Gasteiger partial charge is 0.258 e. The van der Waals surface area contributed by atoms with Gasteiger partial charge in [0.15, 0.2) is 0 Å². The van der Waals surface area contributed by atoms with Gasteiger partial charge in [-0.05, 0) is 40.8 Å². The third-order valence-corrected chi connectivity index (χ3v) is 3.94. The first-order chi connectivity index (χ1) is 7.68. The maximum Gasteiger partial charge on any atom is 0.258 e. The fourth-order valence-electron chi connectivity index (χ4n) is 1.29. The van der Waals surface area contributed by atoms with Crippen LogP contribution in [-0.4, -0.2) is 17.9 Å². The van der Waals surface area contributed by atoms with Crippen molar-refractivity contribution in [2.24, 2.45) is 0 Å². The summed E-state index contributed by atoms with van der Waals surface area (Å²) in [5.74, 6) is -0.00725. The van der Waals surface area contributed by atoms with Crippen molar-refractivity contribution in [3.05, 3.63) is 44.4 Å². The van der Waals surface area contributed by atoms with E-state index in [1.807, 2.05) is 23.6 Å². The molecule has 5 heteroatoms. The number of halogens is 1. The van der Waals surface area contributed by atoms with Gasteiger partial charge in [0.2, 0.25) is 0 Å². The molecule has 16 heavy (non-hydrogen) atoms. The molecule has 0 fully saturated rings. The lowest BCUT2D eigenvalue weighted by Gasteiger charge is -2.15. The average Bonchev–Trinajstić information content (AvgIpc) is 2.75. The largest absolute Gasteiger partial charge is 0.310 e. The van der Waals surface area contributed by atoms with Gasteiger partial charge in [-0.2, -0.15) is 0 Å². The highest BCUT2D eigenvalue weighted by atomic mass is 127. The molecule has 0 saturated carbocycles. The van der Waals surface area contributed by atoms with Gasteiger partial charge in [-0.25, -0.2) is 0 Å². The van der Waals surface area contributed by atoms with Crippen LogP contribution in [0.15, 0.2) is 36.0 Å². The predicted molar refractivity (Wildman–Crippen MR) is 74.0 cm³/mol. The molecule has 0 aromatic carbocycles. The predicted octanol–water partition coefficient (Wildman–Crippen LogP) is 3.02. The SMILES string of the molecule is CN(C(=O)c1csc(I)c1)c1cccnc1. The summed E-state index contributed by atoms with van der Waals surface area (Å²) in [6.07, 6.45) is 3.37. The fourth-order valence-corrected chi connectivity index (χ4v) is 2.61. The number of aromatic nitrogens is 1. The van der Waals surface area contributed by atoms with Crippen molar-refractivity contribution < 1.29 is 4.79 Å². The third-order valence-electron chi connectivity index (χ3n) is 2.15. The van der Waals surface area contributed by atoms with Gasteiger partial charge in [-0.1, -0.05) is 0 Å². The Bertz CT molecular complexity index is 498. The van der Waals surface area contributed by atoms with E-state index in [2.05, 4.69) is 27.6 Å². The van der Waals surface area contributed by atoms with Crippen LogP contribution >= 0.6 is 33.9 Å². The summed E-state index contributed by atoms with van der Waals surface area (Å²) >= 11 is 3.78. The number of amides is 1. The maximum atomic E-state index is 12.1. The summed E-state index contributed by atoms with van der Waals surface area (Å²) in [5.41, 5.74) is 1.52. The molecule has 2 heterocycles. The van der Waals surface area contributed by atoms with Crippen molar-refractivity contribution in [1.82, 2.24) is 4.98 Å². The summed E-state index contributed by atoms with van der Waals surface area (Å²) < 4.78 is 1.11. The number of carbonyl (C=O) groups is 1. The van der Waals surface area contributed by atoms with Crippen LogP contribution in [0.25, 0.3) is 0 Å². The topological polar surface area (TPSA) is 33.2 Å². The zero-order valence-corrected chi connectivity index (χ0v) is 11.5. The number of anilines is 1. The number of hydrogen-bond acceptors (Lipinski definition) is 3. The molecule has 0 aliphatic heterocycles. The fraction of sp³-hybridized carbons (Fsp3) is 0.0909. The van der Waals surface area contributed by atoms with Gasteiger partial charge in [0.1, 0.15) is 0 Å². The lowest BCUT2D eigenvalue weighted by Crippen LogP contribution is -2.25. The number of rotatable bonds is 2. The Balaban J connectivity index is 2.23. The van der Waals surface area contributed by atoms with Crippen molar-refractivity contribution in [2.75, 3.05) is 11.9 Å². The molecule has 3 nitrogen and oxygen atoms in total. The molecule has 0 spiro atoms. The van der Waals surface area contributed by atoms with Gasteiger partial charge in [0.25, 0.3) is 5.91 Å². The van der Waals surface area contributed by atoms with E-state index >= 15 is 0 Å². The molecule has 0 N–H and O–H groups in total. The minimum absolute atomic E-state index is 0.00725. The first-order valence-electron chi connectivity index (χ1n) is 4.60. The van der Waals surface area contributed by atoms with E-state index in [0.29, 0.717) is 0 Å². The molecule has 0 aliphatic rings. The molecule has 2 aromatic heterocycles. The molecule has 2 aromatic rings. The van der Waals surface area contributed by atoms with E-state index < -0.39 is 0 Å². The van der Waals surface area contributed by atoms with Crippen LogP contribution in [0.2, 0.25) is 0 Å². The van der Waals surface area contributed by atoms with Gasteiger partial charge < -0.3 is 4.90 Å². The Morgan fingerprint density at radius 2 is 2.38 bits per heavy atom. The van der Waals surface area contributed by atoms with Gasteiger partial charge in [-0.3, -0.25) is 9.78 Å². The van der Waals surface area contributed by atoms with Gasteiger partial charge in [0, 0.05) is 18.6 Å². The number of thiophene rings is 1. The Morgan fingerprint density at radius 3 is 2.94 bits per heavy atom. The minimum atomic E-state index is -0.00725. The van der Waals surface area contributed by atoms with Crippen molar-refractivity contribution in [1.29, 1.82) is 0 Å². The van der Waals surface area contributed by atoms with E-state index in [1.165, 1.54) is 0 Å². The minimum Gasteiger partial charge on any atom is -0.310 e. The summed E-state index contributed by atoms with van der Waals surface area (Å²) in [7, 11) is 1.75. The molecule has 2 rings (SSSR count). The molecular formula is C11H9IN2OS. The lowest BCUT2D eigenvalue weighted by molar-refractivity contribution is 0.0993. The maximum absolute atomic E-state index is 12.1. The highest BCUT2D eigenvalue weighted by Crippen LogP contribution is 2.20. The van der Waals surface area contributed by atoms with Gasteiger partial charge in [0.05, 0.1) is 20.3 Å². The summed E-state index contributed by atoms with van der Waals surface area (Å²) in [4.78, 5) is 17.7. The van der Waals surface area contributed by atoms with Crippen LogP contribution in [-0.2, 0) is 0 Å². The number of carbonyl (C=O) groups excluding carboxylic acids is 1. The molecule has 0 bridgehead atoms. The normalized spacial score (nSPS) is 10.1. The van der Waals surface area contributed by atoms with Crippen molar-refractivity contribution in [3.8, 4) is 0 Å². The highest BCUT2D eigenvalue weighted by molar-refractivity contribution is 14.1. The number of hydrogen-bond donors (Lipinski definition) is 0. The van der Waals surface area contributed by atoms with Crippen molar-refractivity contribution in [2.45, 2.75) is 0 Å². The molecule has 0 atom stereocenters. The number of pyridine rings is 1. The van der Waals surface area contributed by atoms with Gasteiger partial charge >= 0.3 is 0 Å². The van der Waals surface area contributed by atoms with Crippen molar-refractivity contribution >= 4 is 45.5 Å². The van der Waals surface area contributed by atoms with E-state index in [0.717, 1.165) is 14.1 Å². The molecule has 0 aliphatic carbocycles. The second-order valence-electron chi connectivity index (χ2n) is 3.21. The van der Waals surface area contributed by atoms with E-state index in [4.69, 9.17) is 0 Å². The number of nitrogens with zero attached hydrogens (tertiary/aromatic N) is 2. The van der Waals surface area contributed by atoms with E-state index in [-0.39, 0.29) is 5.91 Å². The molecule has 0 unspecified atom stereocenters. The highest BCUT2D eigenvalue weighted by Gasteiger charge is 2.14. The molecule has 82 valence electrons. The van der Waals surface area contributed by atoms with Crippen LogP contribution in [0.5, 0.6) is 0 Å². The molecular weight excluding hydrogens is 335 g/mol. The standard InChI is InChI=1S/C11H9IN2OS/c1-14(9-3-2-4-13-6-9)11(15)8-5-10(12)16-7-8/h2-7H,1H3. The van der Waals surface area contributed by atoms with Crippen LogP contribution < -0.4 is 4.90 Å². The average molecular weight is 344 g/mol. The zero-order valence-electron chi connectivity index (χ0n) is 8.55. The van der Waals surface area contributed by atoms with Crippen molar-refractivity contribution in [3.63, 3.8) is 0 Å². The Morgan fingerprint density at radius 1 is 1.56 bits per heavy atom. The summed E-state index contributed by atoms with van der Waals surface area (Å²) in [6, 6.07) is 5.57. The second kappa shape index (κ2) is 4.92. The molecule has 1 amide bonds. The van der Waals surface area contributed by atoms with Crippen LogP contribution in [0.3, 0.4) is 0 Å². The van der Waals surface area contributed by atoms with E-state index in [1.54, 1.807) is 35.7 Å². The monoisotopic (exact) mass is 344 g/mol. The molecule has 0 radical (unpaired) electrons. The first kappa shape index (κ1) is 11.5. The van der Waals surface area contributed by atoms with E-state index in [9.17, 15) is 4.79 Å². The first-order valence-corrected chi connectivity index (χ1v) is 6.56. The van der Waals surface area contributed by atoms with Crippen LogP contribution in [0.1, 0.15) is 10.4 Å². The van der Waals surface area contributed by atoms with Gasteiger partial charge in [-0.15, -0.1) is 11.3 Å². The quantitative estimate of drug-likeness (QED) is 0.785. The Labute approximate surface area is 111 Å². The molecule has 0 saturated heterocycles. The summed E-state index contributed by atoms with van der Waals surface area (Å²) in [6.45, 7) is 0. The summed E-state index contributed by atoms with van der Waals surface area (Å²) in [5, 5.41) is 1.87. The Kier molecular flexibility index (Phi) is 3.55. The third kappa shape index (κ3) is 2.41. The lowest BCUT2D eigenvalue weighted by atomic mass is 10.3. The van der Waals surface area contributed by atoms with Crippen LogP contribution in [0, 0.1) is 2.88 Å². The Hall–Kier alpha value is -0.950. The second-order valence-corrected chi connectivity index (χ2v) is 6.02. The van der Waals surface area contributed by atoms with Crippen LogP contribution in [0.4, 0.5) is 5.69 Å².